The summed E-state index contributed by atoms with van der Waals surface area (Å²) in [6.07, 6.45) is 6.09. The number of fused-ring (bicyclic) bond motifs is 1. The Labute approximate surface area is 156 Å². The third kappa shape index (κ3) is 3.78. The number of benzene rings is 1. The van der Waals surface area contributed by atoms with E-state index in [4.69, 9.17) is 5.73 Å². The molecule has 26 heavy (non-hydrogen) atoms. The summed E-state index contributed by atoms with van der Waals surface area (Å²) in [7, 11) is 0. The van der Waals surface area contributed by atoms with E-state index in [9.17, 15) is 9.59 Å². The van der Waals surface area contributed by atoms with Gasteiger partial charge in [-0.1, -0.05) is 43.2 Å². The molecular formula is C21H31N3O2. The van der Waals surface area contributed by atoms with E-state index in [2.05, 4.69) is 28.9 Å². The van der Waals surface area contributed by atoms with E-state index in [0.29, 0.717) is 0 Å². The van der Waals surface area contributed by atoms with Crippen LogP contribution in [0, 0.1) is 0 Å². The van der Waals surface area contributed by atoms with Crippen LogP contribution in [0.4, 0.5) is 0 Å². The second-order valence-electron chi connectivity index (χ2n) is 8.08. The van der Waals surface area contributed by atoms with Gasteiger partial charge in [-0.15, -0.1) is 0 Å². The molecule has 2 aliphatic rings. The minimum absolute atomic E-state index is 0.138. The van der Waals surface area contributed by atoms with Crippen LogP contribution in [0.15, 0.2) is 30.3 Å². The zero-order valence-corrected chi connectivity index (χ0v) is 16.0. The Morgan fingerprint density at radius 1 is 1.19 bits per heavy atom. The lowest BCUT2D eigenvalue weighted by atomic mass is 9.83. The molecule has 1 aromatic carbocycles. The normalized spacial score (nSPS) is 29.7. The average molecular weight is 357 g/mol. The zero-order chi connectivity index (χ0) is 18.7. The second-order valence-corrected chi connectivity index (χ2v) is 8.08. The summed E-state index contributed by atoms with van der Waals surface area (Å²) in [5.74, 6) is -0.148. The number of primary amides is 1. The van der Waals surface area contributed by atoms with Gasteiger partial charge >= 0.3 is 0 Å². The Morgan fingerprint density at radius 3 is 2.58 bits per heavy atom. The van der Waals surface area contributed by atoms with Crippen LogP contribution < -0.4 is 5.73 Å². The fourth-order valence-corrected chi connectivity index (χ4v) is 5.11. The van der Waals surface area contributed by atoms with Crippen molar-refractivity contribution in [2.45, 2.75) is 70.0 Å². The van der Waals surface area contributed by atoms with E-state index >= 15 is 0 Å². The largest absolute Gasteiger partial charge is 0.369 e. The molecule has 2 fully saturated rings. The van der Waals surface area contributed by atoms with E-state index in [1.807, 2.05) is 18.2 Å². The summed E-state index contributed by atoms with van der Waals surface area (Å²) in [6, 6.07) is 10.7. The minimum Gasteiger partial charge on any atom is -0.369 e. The standard InChI is InChI=1S/C21H31N3O2/c1-16(25)24-18(13-17-9-5-3-6-10-17)14-21(2)19(24)11-7-4-8-12-23(21)15-20(22)26/h3,5-6,9-10,18-19H,4,7-8,11-15H2,1-2H3,(H2,22,26)/t18-,19+,21+/m1/s1. The molecule has 3 rings (SSSR count). The number of likely N-dealkylation sites (tertiary alicyclic amines) is 2. The van der Waals surface area contributed by atoms with E-state index in [1.165, 1.54) is 5.56 Å². The minimum atomic E-state index is -0.286. The maximum Gasteiger partial charge on any atom is 0.231 e. The van der Waals surface area contributed by atoms with Gasteiger partial charge in [-0.2, -0.15) is 0 Å². The number of hydrogen-bond acceptors (Lipinski definition) is 3. The van der Waals surface area contributed by atoms with Gasteiger partial charge in [0.05, 0.1) is 12.6 Å². The fraction of sp³-hybridized carbons (Fsp3) is 0.619. The van der Waals surface area contributed by atoms with Gasteiger partial charge in [0.25, 0.3) is 0 Å². The van der Waals surface area contributed by atoms with Crippen molar-refractivity contribution in [2.24, 2.45) is 5.73 Å². The Bertz CT molecular complexity index is 648. The number of nitrogens with two attached hydrogens (primary N) is 1. The number of carbonyl (C=O) groups excluding carboxylic acids is 2. The topological polar surface area (TPSA) is 66.6 Å². The van der Waals surface area contributed by atoms with Gasteiger partial charge in [-0.3, -0.25) is 14.5 Å². The van der Waals surface area contributed by atoms with Crippen molar-refractivity contribution in [3.63, 3.8) is 0 Å². The van der Waals surface area contributed by atoms with E-state index in [0.717, 1.165) is 45.1 Å². The smallest absolute Gasteiger partial charge is 0.231 e. The molecular weight excluding hydrogens is 326 g/mol. The molecule has 2 saturated heterocycles. The maximum absolute atomic E-state index is 12.6. The number of hydrogen-bond donors (Lipinski definition) is 1. The van der Waals surface area contributed by atoms with Crippen LogP contribution in [0.3, 0.4) is 0 Å². The molecule has 2 aliphatic heterocycles. The van der Waals surface area contributed by atoms with Gasteiger partial charge in [0.2, 0.25) is 11.8 Å². The summed E-state index contributed by atoms with van der Waals surface area (Å²) < 4.78 is 0. The molecule has 0 spiro atoms. The van der Waals surface area contributed by atoms with Crippen molar-refractivity contribution in [1.82, 2.24) is 9.80 Å². The Morgan fingerprint density at radius 2 is 1.92 bits per heavy atom. The molecule has 142 valence electrons. The molecule has 2 heterocycles. The van der Waals surface area contributed by atoms with Gasteiger partial charge < -0.3 is 10.6 Å². The van der Waals surface area contributed by atoms with E-state index < -0.39 is 0 Å². The van der Waals surface area contributed by atoms with Gasteiger partial charge in [0.1, 0.15) is 0 Å². The van der Waals surface area contributed by atoms with Crippen LogP contribution >= 0.6 is 0 Å². The lowest BCUT2D eigenvalue weighted by molar-refractivity contribution is -0.133. The van der Waals surface area contributed by atoms with Crippen LogP contribution in [0.5, 0.6) is 0 Å². The second kappa shape index (κ2) is 7.78. The summed E-state index contributed by atoms with van der Waals surface area (Å²) in [4.78, 5) is 28.6. The number of carbonyl (C=O) groups is 2. The Kier molecular flexibility index (Phi) is 5.66. The third-order valence-corrected chi connectivity index (χ3v) is 6.25. The van der Waals surface area contributed by atoms with Crippen molar-refractivity contribution in [3.05, 3.63) is 35.9 Å². The fourth-order valence-electron chi connectivity index (χ4n) is 5.11. The molecule has 1 aromatic rings. The SMILES string of the molecule is CC(=O)N1[C@H](Cc2ccccc2)C[C@@]2(C)[C@@H]1CCCCCN2CC(N)=O. The van der Waals surface area contributed by atoms with Crippen molar-refractivity contribution < 1.29 is 9.59 Å². The molecule has 0 radical (unpaired) electrons. The highest BCUT2D eigenvalue weighted by molar-refractivity contribution is 5.76. The first-order valence-electron chi connectivity index (χ1n) is 9.78. The Balaban J connectivity index is 1.92. The van der Waals surface area contributed by atoms with E-state index in [-0.39, 0.29) is 36.0 Å². The molecule has 3 atom stereocenters. The first-order valence-corrected chi connectivity index (χ1v) is 9.78. The number of rotatable bonds is 4. The molecule has 2 N–H and O–H groups in total. The predicted molar refractivity (Wildman–Crippen MR) is 102 cm³/mol. The molecule has 0 aromatic heterocycles. The predicted octanol–water partition coefficient (Wildman–Crippen LogP) is 2.34. The highest BCUT2D eigenvalue weighted by Crippen LogP contribution is 2.42. The number of amides is 2. The lowest BCUT2D eigenvalue weighted by Crippen LogP contribution is -2.58. The first kappa shape index (κ1) is 18.9. The van der Waals surface area contributed by atoms with Crippen LogP contribution in [-0.2, 0) is 16.0 Å². The van der Waals surface area contributed by atoms with Gasteiger partial charge in [0, 0.05) is 18.5 Å². The van der Waals surface area contributed by atoms with Crippen molar-refractivity contribution in [2.75, 3.05) is 13.1 Å². The molecule has 5 heteroatoms. The maximum atomic E-state index is 12.6. The molecule has 0 bridgehead atoms. The summed E-state index contributed by atoms with van der Waals surface area (Å²) >= 11 is 0. The number of nitrogens with zero attached hydrogens (tertiary/aromatic N) is 2. The molecule has 0 aliphatic carbocycles. The third-order valence-electron chi connectivity index (χ3n) is 6.25. The quantitative estimate of drug-likeness (QED) is 0.899. The highest BCUT2D eigenvalue weighted by atomic mass is 16.2. The monoisotopic (exact) mass is 357 g/mol. The van der Waals surface area contributed by atoms with Crippen LogP contribution in [-0.4, -0.2) is 52.3 Å². The van der Waals surface area contributed by atoms with Crippen LogP contribution in [0.25, 0.3) is 0 Å². The van der Waals surface area contributed by atoms with Gasteiger partial charge in [-0.25, -0.2) is 0 Å². The van der Waals surface area contributed by atoms with Crippen molar-refractivity contribution >= 4 is 11.8 Å². The van der Waals surface area contributed by atoms with E-state index in [1.54, 1.807) is 6.92 Å². The molecule has 2 amide bonds. The Hall–Kier alpha value is -1.88. The first-order chi connectivity index (χ1) is 12.4. The molecule has 5 nitrogen and oxygen atoms in total. The highest BCUT2D eigenvalue weighted by Gasteiger charge is 2.53. The lowest BCUT2D eigenvalue weighted by Gasteiger charge is -2.45. The van der Waals surface area contributed by atoms with Gasteiger partial charge in [-0.05, 0) is 44.7 Å². The summed E-state index contributed by atoms with van der Waals surface area (Å²) in [5.41, 5.74) is 6.61. The van der Waals surface area contributed by atoms with Crippen molar-refractivity contribution in [3.8, 4) is 0 Å². The van der Waals surface area contributed by atoms with Crippen molar-refractivity contribution in [1.29, 1.82) is 0 Å². The summed E-state index contributed by atoms with van der Waals surface area (Å²) in [6.45, 7) is 5.06. The van der Waals surface area contributed by atoms with Crippen LogP contribution in [0.2, 0.25) is 0 Å². The zero-order valence-electron chi connectivity index (χ0n) is 16.0. The van der Waals surface area contributed by atoms with Gasteiger partial charge in [0.15, 0.2) is 0 Å². The average Bonchev–Trinajstić information content (AvgIpc) is 2.85. The summed E-state index contributed by atoms with van der Waals surface area (Å²) in [5, 5.41) is 0. The van der Waals surface area contributed by atoms with Crippen LogP contribution in [0.1, 0.15) is 51.5 Å². The molecule has 0 unspecified atom stereocenters. The molecule has 0 saturated carbocycles.